The van der Waals surface area contributed by atoms with E-state index >= 15 is 0 Å². The second-order valence-electron chi connectivity index (χ2n) is 4.31. The highest BCUT2D eigenvalue weighted by atomic mass is 35.5. The minimum Gasteiger partial charge on any atom is -0.344 e. The number of benzene rings is 1. The summed E-state index contributed by atoms with van der Waals surface area (Å²) in [5.41, 5.74) is 0.768. The van der Waals surface area contributed by atoms with Gasteiger partial charge in [0.2, 0.25) is 0 Å². The van der Waals surface area contributed by atoms with E-state index in [2.05, 4.69) is 10.3 Å². The van der Waals surface area contributed by atoms with Crippen molar-refractivity contribution >= 4 is 35.7 Å². The zero-order valence-corrected chi connectivity index (χ0v) is 14.8. The molecule has 5 nitrogen and oxygen atoms in total. The molecule has 0 aliphatic carbocycles. The molecule has 0 fully saturated rings. The third kappa shape index (κ3) is 4.31. The van der Waals surface area contributed by atoms with Crippen molar-refractivity contribution in [1.29, 1.82) is 0 Å². The molecule has 2 rings (SSSR count). The lowest BCUT2D eigenvalue weighted by molar-refractivity contribution is 0.214. The average molecular weight is 361 g/mol. The molecule has 2 aromatic rings. The second-order valence-corrected chi connectivity index (χ2v) is 7.75. The smallest absolute Gasteiger partial charge is 0.344 e. The monoisotopic (exact) mass is 360 g/mol. The number of anilines is 1. The van der Waals surface area contributed by atoms with Gasteiger partial charge in [0.1, 0.15) is 0 Å². The summed E-state index contributed by atoms with van der Waals surface area (Å²) in [4.78, 5) is 4.18. The zero-order valence-electron chi connectivity index (χ0n) is 12.4. The highest BCUT2D eigenvalue weighted by Crippen LogP contribution is 2.60. The first-order chi connectivity index (χ1) is 10.6. The van der Waals surface area contributed by atoms with Crippen molar-refractivity contribution in [2.75, 3.05) is 18.5 Å². The minimum absolute atomic E-state index is 0.293. The minimum atomic E-state index is -3.40. The second kappa shape index (κ2) is 8.09. The van der Waals surface area contributed by atoms with Crippen LogP contribution in [0.25, 0.3) is 0 Å². The van der Waals surface area contributed by atoms with Crippen LogP contribution < -0.4 is 5.32 Å². The summed E-state index contributed by atoms with van der Waals surface area (Å²) in [6.45, 7) is 4.16. The molecule has 1 N–H and O–H groups in total. The third-order valence-electron chi connectivity index (χ3n) is 2.81. The summed E-state index contributed by atoms with van der Waals surface area (Å²) in [5.74, 6) is -0.643. The summed E-state index contributed by atoms with van der Waals surface area (Å²) < 4.78 is 24.1. The number of nitrogens with zero attached hydrogens (tertiary/aromatic N) is 1. The third-order valence-corrected chi connectivity index (χ3v) is 6.06. The Balaban J connectivity index is 2.38. The maximum atomic E-state index is 13.2. The number of nitrogens with one attached hydrogen (secondary N) is 1. The van der Waals surface area contributed by atoms with Crippen LogP contribution in [0.15, 0.2) is 35.8 Å². The molecule has 1 unspecified atom stereocenters. The molecule has 120 valence electrons. The van der Waals surface area contributed by atoms with Crippen molar-refractivity contribution in [1.82, 2.24) is 4.98 Å². The van der Waals surface area contributed by atoms with Gasteiger partial charge in [0, 0.05) is 16.6 Å². The first-order valence-electron chi connectivity index (χ1n) is 6.89. The normalized spacial score (nSPS) is 13.0. The molecule has 0 radical (unpaired) electrons. The lowest BCUT2D eigenvalue weighted by Crippen LogP contribution is -2.15. The zero-order chi connectivity index (χ0) is 16.0. The Kier molecular flexibility index (Phi) is 6.41. The van der Waals surface area contributed by atoms with E-state index in [1.54, 1.807) is 44.3 Å². The van der Waals surface area contributed by atoms with Gasteiger partial charge in [-0.1, -0.05) is 23.7 Å². The fraction of sp³-hybridized carbons (Fsp3) is 0.357. The van der Waals surface area contributed by atoms with Crippen LogP contribution in [0, 0.1) is 0 Å². The molecule has 0 spiro atoms. The van der Waals surface area contributed by atoms with Gasteiger partial charge in [-0.05, 0) is 31.5 Å². The Hall–Kier alpha value is -0.910. The average Bonchev–Trinajstić information content (AvgIpc) is 2.99. The predicted molar refractivity (Wildman–Crippen MR) is 90.8 cm³/mol. The molecule has 0 aliphatic heterocycles. The van der Waals surface area contributed by atoms with Gasteiger partial charge in [-0.2, -0.15) is 0 Å². The van der Waals surface area contributed by atoms with E-state index in [0.717, 1.165) is 5.56 Å². The van der Waals surface area contributed by atoms with Crippen molar-refractivity contribution in [2.45, 2.75) is 19.6 Å². The molecule has 0 amide bonds. The molecular formula is C14H18ClN2O3PS. The molecule has 22 heavy (non-hydrogen) atoms. The van der Waals surface area contributed by atoms with Gasteiger partial charge < -0.3 is 14.4 Å². The standard InChI is InChI=1S/C14H18ClN2O3PS/c1-3-19-21(18,20-4-2)13(17-14-16-9-10-22-14)11-5-7-12(15)8-6-11/h5-10,13H,3-4H2,1-2H3,(H,16,17). The maximum Gasteiger partial charge on any atom is 0.357 e. The van der Waals surface area contributed by atoms with Crippen LogP contribution in [-0.4, -0.2) is 18.2 Å². The predicted octanol–water partition coefficient (Wildman–Crippen LogP) is 5.17. The van der Waals surface area contributed by atoms with Gasteiger partial charge in [-0.25, -0.2) is 4.98 Å². The summed E-state index contributed by atoms with van der Waals surface area (Å²) in [6, 6.07) is 7.10. The molecule has 1 aromatic heterocycles. The number of thiazole rings is 1. The van der Waals surface area contributed by atoms with Gasteiger partial charge in [-0.15, -0.1) is 11.3 Å². The Morgan fingerprint density at radius 1 is 1.27 bits per heavy atom. The van der Waals surface area contributed by atoms with Gasteiger partial charge in [-0.3, -0.25) is 4.57 Å². The van der Waals surface area contributed by atoms with E-state index in [-0.39, 0.29) is 0 Å². The number of rotatable bonds is 8. The van der Waals surface area contributed by atoms with Crippen molar-refractivity contribution in [3.8, 4) is 0 Å². The fourth-order valence-corrected chi connectivity index (χ4v) is 4.63. The van der Waals surface area contributed by atoms with Crippen LogP contribution in [0.5, 0.6) is 0 Å². The highest BCUT2D eigenvalue weighted by molar-refractivity contribution is 7.54. The largest absolute Gasteiger partial charge is 0.357 e. The van der Waals surface area contributed by atoms with Crippen LogP contribution in [-0.2, 0) is 13.6 Å². The molecule has 0 bridgehead atoms. The van der Waals surface area contributed by atoms with E-state index in [1.807, 2.05) is 5.38 Å². The summed E-state index contributed by atoms with van der Waals surface area (Å²) >= 11 is 7.35. The van der Waals surface area contributed by atoms with Crippen LogP contribution >= 0.6 is 30.5 Å². The van der Waals surface area contributed by atoms with Gasteiger partial charge >= 0.3 is 7.60 Å². The highest BCUT2D eigenvalue weighted by Gasteiger charge is 2.37. The van der Waals surface area contributed by atoms with Gasteiger partial charge in [0.15, 0.2) is 10.9 Å². The molecule has 1 atom stereocenters. The lowest BCUT2D eigenvalue weighted by Gasteiger charge is -2.27. The van der Waals surface area contributed by atoms with Crippen molar-refractivity contribution in [2.24, 2.45) is 0 Å². The van der Waals surface area contributed by atoms with E-state index in [1.165, 1.54) is 11.3 Å². The number of hydrogen-bond donors (Lipinski definition) is 1. The Morgan fingerprint density at radius 3 is 2.41 bits per heavy atom. The van der Waals surface area contributed by atoms with Crippen molar-refractivity contribution < 1.29 is 13.6 Å². The number of halogens is 1. The van der Waals surface area contributed by atoms with E-state index in [9.17, 15) is 4.57 Å². The van der Waals surface area contributed by atoms with Crippen LogP contribution in [0.3, 0.4) is 0 Å². The first-order valence-corrected chi connectivity index (χ1v) is 9.76. The molecule has 0 saturated carbocycles. The fourth-order valence-electron chi connectivity index (χ4n) is 1.95. The van der Waals surface area contributed by atoms with E-state index in [0.29, 0.717) is 23.4 Å². The van der Waals surface area contributed by atoms with Crippen LogP contribution in [0.4, 0.5) is 5.13 Å². The van der Waals surface area contributed by atoms with Crippen molar-refractivity contribution in [3.63, 3.8) is 0 Å². The maximum absolute atomic E-state index is 13.2. The number of hydrogen-bond acceptors (Lipinski definition) is 6. The topological polar surface area (TPSA) is 60.5 Å². The first kappa shape index (κ1) is 17.4. The number of aromatic nitrogens is 1. The van der Waals surface area contributed by atoms with Gasteiger partial charge in [0.25, 0.3) is 0 Å². The summed E-state index contributed by atoms with van der Waals surface area (Å²) in [7, 11) is -3.40. The van der Waals surface area contributed by atoms with Crippen LogP contribution in [0.1, 0.15) is 25.2 Å². The Bertz CT molecular complexity index is 612. The SMILES string of the molecule is CCOP(=O)(OCC)C(Nc1nccs1)c1ccc(Cl)cc1. The van der Waals surface area contributed by atoms with Crippen LogP contribution in [0.2, 0.25) is 5.02 Å². The summed E-state index contributed by atoms with van der Waals surface area (Å²) in [6.07, 6.45) is 1.68. The molecular weight excluding hydrogens is 343 g/mol. The quantitative estimate of drug-likeness (QED) is 0.658. The molecule has 1 aromatic carbocycles. The van der Waals surface area contributed by atoms with Crippen molar-refractivity contribution in [3.05, 3.63) is 46.4 Å². The molecule has 0 saturated heterocycles. The molecule has 8 heteroatoms. The Labute approximate surface area is 139 Å². The molecule has 0 aliphatic rings. The molecule has 1 heterocycles. The summed E-state index contributed by atoms with van der Waals surface area (Å²) in [5, 5.41) is 6.26. The van der Waals surface area contributed by atoms with E-state index < -0.39 is 13.4 Å². The lowest BCUT2D eigenvalue weighted by atomic mass is 10.2. The Morgan fingerprint density at radius 2 is 1.91 bits per heavy atom. The van der Waals surface area contributed by atoms with E-state index in [4.69, 9.17) is 20.6 Å². The van der Waals surface area contributed by atoms with Gasteiger partial charge in [0.05, 0.1) is 13.2 Å².